The summed E-state index contributed by atoms with van der Waals surface area (Å²) in [7, 11) is 3.75. The highest BCUT2D eigenvalue weighted by Crippen LogP contribution is 2.30. The van der Waals surface area contributed by atoms with Crippen LogP contribution in [0.25, 0.3) is 0 Å². The van der Waals surface area contributed by atoms with E-state index in [4.69, 9.17) is 4.74 Å². The second-order valence-corrected chi connectivity index (χ2v) is 5.26. The summed E-state index contributed by atoms with van der Waals surface area (Å²) in [5.41, 5.74) is 0.742. The Morgan fingerprint density at radius 2 is 2.33 bits per heavy atom. The van der Waals surface area contributed by atoms with Gasteiger partial charge in [-0.15, -0.1) is 0 Å². The van der Waals surface area contributed by atoms with Crippen LogP contribution in [-0.4, -0.2) is 48.9 Å². The Kier molecular flexibility index (Phi) is 3.78. The lowest BCUT2D eigenvalue weighted by molar-refractivity contribution is 0.212. The summed E-state index contributed by atoms with van der Waals surface area (Å²) in [6.07, 6.45) is 0.942. The minimum absolute atomic E-state index is 0.138. The van der Waals surface area contributed by atoms with Gasteiger partial charge in [-0.25, -0.2) is 0 Å². The van der Waals surface area contributed by atoms with Gasteiger partial charge in [0.25, 0.3) is 0 Å². The van der Waals surface area contributed by atoms with Crippen molar-refractivity contribution in [2.24, 2.45) is 0 Å². The average Bonchev–Trinajstić information content (AvgIpc) is 2.65. The molecule has 4 nitrogen and oxygen atoms in total. The normalized spacial score (nSPS) is 28.3. The van der Waals surface area contributed by atoms with Crippen LogP contribution < -0.4 is 10.1 Å². The third-order valence-electron chi connectivity index (χ3n) is 3.77. The van der Waals surface area contributed by atoms with Crippen molar-refractivity contribution in [2.75, 3.05) is 32.6 Å². The van der Waals surface area contributed by atoms with E-state index in [1.165, 1.54) is 0 Å². The predicted octanol–water partition coefficient (Wildman–Crippen LogP) is 1.56. The summed E-state index contributed by atoms with van der Waals surface area (Å²) >= 11 is 0. The van der Waals surface area contributed by atoms with Crippen LogP contribution in [0.3, 0.4) is 0 Å². The van der Waals surface area contributed by atoms with E-state index < -0.39 is 0 Å². The number of methoxy groups -OCH3 is 1. The number of hydrogen-bond donors (Lipinski definition) is 2. The van der Waals surface area contributed by atoms with Crippen LogP contribution in [0.2, 0.25) is 0 Å². The van der Waals surface area contributed by atoms with Crippen molar-refractivity contribution >= 4 is 5.69 Å². The van der Waals surface area contributed by atoms with E-state index >= 15 is 0 Å². The number of likely N-dealkylation sites (N-methyl/N-ethyl adjacent to an activating group) is 1. The number of aliphatic hydroxyl groups is 1. The van der Waals surface area contributed by atoms with Crippen LogP contribution in [0.4, 0.5) is 5.69 Å². The van der Waals surface area contributed by atoms with Gasteiger partial charge >= 0.3 is 0 Å². The van der Waals surface area contributed by atoms with E-state index in [0.717, 1.165) is 24.4 Å². The topological polar surface area (TPSA) is 44.7 Å². The molecule has 0 aromatic heterocycles. The van der Waals surface area contributed by atoms with Gasteiger partial charge in [-0.1, -0.05) is 6.07 Å². The number of anilines is 1. The molecule has 1 aromatic rings. The fourth-order valence-electron chi connectivity index (χ4n) is 2.67. The number of ether oxygens (including phenoxy) is 1. The predicted molar refractivity (Wildman–Crippen MR) is 73.1 cm³/mol. The van der Waals surface area contributed by atoms with Crippen molar-refractivity contribution in [1.29, 1.82) is 0 Å². The second kappa shape index (κ2) is 5.16. The third-order valence-corrected chi connectivity index (χ3v) is 3.77. The Labute approximate surface area is 109 Å². The molecule has 100 valence electrons. The summed E-state index contributed by atoms with van der Waals surface area (Å²) in [6.45, 7) is 3.17. The third kappa shape index (κ3) is 2.60. The van der Waals surface area contributed by atoms with E-state index in [1.54, 1.807) is 7.11 Å². The van der Waals surface area contributed by atoms with E-state index in [9.17, 15) is 5.11 Å². The number of likely N-dealkylation sites (tertiary alicyclic amines) is 1. The maximum Gasteiger partial charge on any atom is 0.120 e. The molecule has 4 heteroatoms. The van der Waals surface area contributed by atoms with Gasteiger partial charge in [0.2, 0.25) is 0 Å². The molecule has 0 saturated carbocycles. The van der Waals surface area contributed by atoms with E-state index in [0.29, 0.717) is 6.04 Å². The quantitative estimate of drug-likeness (QED) is 0.851. The molecule has 0 bridgehead atoms. The zero-order chi connectivity index (χ0) is 13.2. The molecular weight excluding hydrogens is 228 g/mol. The fraction of sp³-hybridized carbons (Fsp3) is 0.571. The smallest absolute Gasteiger partial charge is 0.120 e. The summed E-state index contributed by atoms with van der Waals surface area (Å²) in [5, 5.41) is 13.2. The number of hydrogen-bond acceptors (Lipinski definition) is 4. The molecule has 1 aromatic carbocycles. The van der Waals surface area contributed by atoms with E-state index in [2.05, 4.69) is 24.2 Å². The maximum atomic E-state index is 9.72. The average molecular weight is 250 g/mol. The Morgan fingerprint density at radius 3 is 2.89 bits per heavy atom. The zero-order valence-electron chi connectivity index (χ0n) is 11.3. The second-order valence-electron chi connectivity index (χ2n) is 5.26. The SMILES string of the molecule is COc1cccc(NC2(CO)CC(C)N(C)C2)c1. The lowest BCUT2D eigenvalue weighted by atomic mass is 9.97. The van der Waals surface area contributed by atoms with E-state index in [1.807, 2.05) is 24.3 Å². The molecule has 1 saturated heterocycles. The summed E-state index contributed by atoms with van der Waals surface area (Å²) < 4.78 is 5.22. The first-order valence-corrected chi connectivity index (χ1v) is 6.32. The standard InChI is InChI=1S/C14H22N2O2/c1-11-8-14(10-17,9-16(11)2)15-12-5-4-6-13(7-12)18-3/h4-7,11,15,17H,8-10H2,1-3H3. The Balaban J connectivity index is 2.15. The molecule has 0 spiro atoms. The van der Waals surface area contributed by atoms with Crippen LogP contribution in [-0.2, 0) is 0 Å². The Bertz CT molecular complexity index is 399. The molecule has 2 rings (SSSR count). The van der Waals surface area contributed by atoms with Crippen molar-refractivity contribution in [3.8, 4) is 5.75 Å². The lowest BCUT2D eigenvalue weighted by Crippen LogP contribution is -2.44. The van der Waals surface area contributed by atoms with Gasteiger partial charge in [0.05, 0.1) is 19.3 Å². The summed E-state index contributed by atoms with van der Waals surface area (Å²) in [4.78, 5) is 2.27. The van der Waals surface area contributed by atoms with Gasteiger partial charge in [0, 0.05) is 24.3 Å². The maximum absolute atomic E-state index is 9.72. The minimum Gasteiger partial charge on any atom is -0.497 e. The van der Waals surface area contributed by atoms with Gasteiger partial charge in [0.1, 0.15) is 5.75 Å². The molecular formula is C14H22N2O2. The molecule has 2 N–H and O–H groups in total. The highest BCUT2D eigenvalue weighted by Gasteiger charge is 2.40. The van der Waals surface area contributed by atoms with Gasteiger partial charge < -0.3 is 20.1 Å². The lowest BCUT2D eigenvalue weighted by Gasteiger charge is -2.29. The highest BCUT2D eigenvalue weighted by atomic mass is 16.5. The zero-order valence-corrected chi connectivity index (χ0v) is 11.3. The molecule has 2 unspecified atom stereocenters. The number of benzene rings is 1. The molecule has 0 amide bonds. The number of rotatable bonds is 4. The molecule has 0 aliphatic carbocycles. The van der Waals surface area contributed by atoms with E-state index in [-0.39, 0.29) is 12.1 Å². The van der Waals surface area contributed by atoms with Crippen molar-refractivity contribution < 1.29 is 9.84 Å². The Hall–Kier alpha value is -1.26. The van der Waals surface area contributed by atoms with Crippen molar-refractivity contribution in [3.63, 3.8) is 0 Å². The van der Waals surface area contributed by atoms with Crippen LogP contribution in [0.5, 0.6) is 5.75 Å². The highest BCUT2D eigenvalue weighted by molar-refractivity contribution is 5.50. The summed E-state index contributed by atoms with van der Waals surface area (Å²) in [6, 6.07) is 8.31. The number of nitrogens with one attached hydrogen (secondary N) is 1. The number of aliphatic hydroxyl groups excluding tert-OH is 1. The van der Waals surface area contributed by atoms with Crippen molar-refractivity contribution in [2.45, 2.75) is 24.9 Å². The molecule has 1 aliphatic heterocycles. The molecule has 1 fully saturated rings. The molecule has 0 radical (unpaired) electrons. The van der Waals surface area contributed by atoms with Crippen LogP contribution in [0.1, 0.15) is 13.3 Å². The molecule has 18 heavy (non-hydrogen) atoms. The van der Waals surface area contributed by atoms with Gasteiger partial charge in [0.15, 0.2) is 0 Å². The van der Waals surface area contributed by atoms with Crippen molar-refractivity contribution in [1.82, 2.24) is 4.90 Å². The summed E-state index contributed by atoms with van der Waals surface area (Å²) in [5.74, 6) is 0.826. The van der Waals surface area contributed by atoms with Gasteiger partial charge in [-0.3, -0.25) is 0 Å². The number of nitrogens with zero attached hydrogens (tertiary/aromatic N) is 1. The largest absolute Gasteiger partial charge is 0.497 e. The van der Waals surface area contributed by atoms with Crippen LogP contribution in [0.15, 0.2) is 24.3 Å². The first kappa shape index (κ1) is 13.2. The first-order chi connectivity index (χ1) is 8.58. The van der Waals surface area contributed by atoms with Crippen LogP contribution >= 0.6 is 0 Å². The fourth-order valence-corrected chi connectivity index (χ4v) is 2.67. The first-order valence-electron chi connectivity index (χ1n) is 6.32. The molecule has 2 atom stereocenters. The minimum atomic E-state index is -0.249. The molecule has 1 aliphatic rings. The molecule has 1 heterocycles. The Morgan fingerprint density at radius 1 is 1.56 bits per heavy atom. The van der Waals surface area contributed by atoms with Crippen LogP contribution in [0, 0.1) is 0 Å². The van der Waals surface area contributed by atoms with Gasteiger partial charge in [-0.2, -0.15) is 0 Å². The monoisotopic (exact) mass is 250 g/mol. The van der Waals surface area contributed by atoms with Crippen molar-refractivity contribution in [3.05, 3.63) is 24.3 Å². The van der Waals surface area contributed by atoms with Gasteiger partial charge in [-0.05, 0) is 32.5 Å².